The summed E-state index contributed by atoms with van der Waals surface area (Å²) in [4.78, 5) is 30.7. The van der Waals surface area contributed by atoms with Crippen LogP contribution >= 0.6 is 0 Å². The van der Waals surface area contributed by atoms with Gasteiger partial charge in [0.05, 0.1) is 0 Å². The Bertz CT molecular complexity index is 1140. The van der Waals surface area contributed by atoms with Crippen LogP contribution in [-0.2, 0) is 6.42 Å². The summed E-state index contributed by atoms with van der Waals surface area (Å²) in [6.45, 7) is 5.60. The second-order valence-corrected chi connectivity index (χ2v) is 8.19. The Morgan fingerprint density at radius 3 is 2.19 bits per heavy atom. The highest BCUT2D eigenvalue weighted by atomic mass is 16.2. The molecule has 0 aliphatic carbocycles. The number of anilines is 3. The van der Waals surface area contributed by atoms with Crippen molar-refractivity contribution in [3.63, 3.8) is 0 Å². The predicted octanol–water partition coefficient (Wildman–Crippen LogP) is 3.21. The molecule has 5 rings (SSSR count). The molecule has 0 spiro atoms. The number of piperazine rings is 1. The molecule has 162 valence electrons. The maximum absolute atomic E-state index is 12.9. The van der Waals surface area contributed by atoms with E-state index in [0.29, 0.717) is 12.2 Å². The molecule has 1 amide bonds. The maximum atomic E-state index is 12.9. The van der Waals surface area contributed by atoms with E-state index in [1.807, 2.05) is 48.5 Å². The standard InChI is InChI=1S/C25H25N5O2/c1-18(31)19-6-8-21(9-7-19)28-14-16-29(17-15-28)24-11-10-22(26-27-24)25(32)30-13-12-20-4-2-3-5-23(20)30/h2-11H,12-17H2,1H3. The van der Waals surface area contributed by atoms with E-state index in [4.69, 9.17) is 0 Å². The maximum Gasteiger partial charge on any atom is 0.278 e. The van der Waals surface area contributed by atoms with Gasteiger partial charge in [-0.3, -0.25) is 9.59 Å². The highest BCUT2D eigenvalue weighted by Gasteiger charge is 2.26. The van der Waals surface area contributed by atoms with Crippen molar-refractivity contribution in [1.82, 2.24) is 10.2 Å². The zero-order valence-corrected chi connectivity index (χ0v) is 18.1. The minimum Gasteiger partial charge on any atom is -0.368 e. The van der Waals surface area contributed by atoms with Crippen molar-refractivity contribution in [2.24, 2.45) is 0 Å². The van der Waals surface area contributed by atoms with Crippen LogP contribution in [0.5, 0.6) is 0 Å². The fraction of sp³-hybridized carbons (Fsp3) is 0.280. The van der Waals surface area contributed by atoms with Crippen LogP contribution in [0.3, 0.4) is 0 Å². The molecule has 2 aromatic carbocycles. The SMILES string of the molecule is CC(=O)c1ccc(N2CCN(c3ccc(C(=O)N4CCc5ccccc54)nn3)CC2)cc1. The quantitative estimate of drug-likeness (QED) is 0.596. The Kier molecular flexibility index (Phi) is 5.31. The van der Waals surface area contributed by atoms with Gasteiger partial charge in [0.15, 0.2) is 17.3 Å². The van der Waals surface area contributed by atoms with Crippen LogP contribution in [0.4, 0.5) is 17.2 Å². The van der Waals surface area contributed by atoms with E-state index in [0.717, 1.165) is 55.4 Å². The number of benzene rings is 2. The second-order valence-electron chi connectivity index (χ2n) is 8.19. The molecule has 32 heavy (non-hydrogen) atoms. The van der Waals surface area contributed by atoms with Gasteiger partial charge >= 0.3 is 0 Å². The molecule has 1 aromatic heterocycles. The van der Waals surface area contributed by atoms with Crippen LogP contribution in [-0.4, -0.2) is 54.6 Å². The Morgan fingerprint density at radius 1 is 0.781 bits per heavy atom. The van der Waals surface area contributed by atoms with Crippen molar-refractivity contribution in [2.45, 2.75) is 13.3 Å². The second kappa shape index (κ2) is 8.42. The van der Waals surface area contributed by atoms with Gasteiger partial charge in [-0.2, -0.15) is 0 Å². The Balaban J connectivity index is 1.22. The van der Waals surface area contributed by atoms with Crippen LogP contribution in [0.1, 0.15) is 33.3 Å². The number of Topliss-reactive ketones (excluding diaryl/α,β-unsaturated/α-hetero) is 1. The van der Waals surface area contributed by atoms with Gasteiger partial charge in [-0.1, -0.05) is 18.2 Å². The lowest BCUT2D eigenvalue weighted by Gasteiger charge is -2.36. The molecule has 2 aliphatic rings. The van der Waals surface area contributed by atoms with Crippen molar-refractivity contribution >= 4 is 28.9 Å². The zero-order valence-electron chi connectivity index (χ0n) is 18.1. The van der Waals surface area contributed by atoms with Gasteiger partial charge in [-0.15, -0.1) is 10.2 Å². The average Bonchev–Trinajstić information content (AvgIpc) is 3.28. The summed E-state index contributed by atoms with van der Waals surface area (Å²) in [5, 5.41) is 8.60. The van der Waals surface area contributed by atoms with Gasteiger partial charge in [-0.05, 0) is 61.4 Å². The lowest BCUT2D eigenvalue weighted by molar-refractivity contribution is 0.0981. The first-order valence-corrected chi connectivity index (χ1v) is 10.9. The first kappa shape index (κ1) is 20.2. The van der Waals surface area contributed by atoms with Crippen molar-refractivity contribution in [2.75, 3.05) is 47.4 Å². The Morgan fingerprint density at radius 2 is 1.50 bits per heavy atom. The average molecular weight is 428 g/mol. The summed E-state index contributed by atoms with van der Waals surface area (Å²) < 4.78 is 0. The molecular formula is C25H25N5O2. The number of fused-ring (bicyclic) bond motifs is 1. The van der Waals surface area contributed by atoms with E-state index in [1.165, 1.54) is 5.56 Å². The molecular weight excluding hydrogens is 402 g/mol. The predicted molar refractivity (Wildman–Crippen MR) is 125 cm³/mol. The van der Waals surface area contributed by atoms with Gasteiger partial charge in [0, 0.05) is 49.7 Å². The normalized spacial score (nSPS) is 15.6. The van der Waals surface area contributed by atoms with E-state index in [2.05, 4.69) is 26.1 Å². The van der Waals surface area contributed by atoms with Gasteiger partial charge in [0.25, 0.3) is 5.91 Å². The third-order valence-electron chi connectivity index (χ3n) is 6.24. The van der Waals surface area contributed by atoms with Crippen LogP contribution in [0.2, 0.25) is 0 Å². The molecule has 0 bridgehead atoms. The molecule has 7 heteroatoms. The van der Waals surface area contributed by atoms with Gasteiger partial charge in [0.1, 0.15) is 0 Å². The molecule has 2 aliphatic heterocycles. The number of hydrogen-bond donors (Lipinski definition) is 0. The van der Waals surface area contributed by atoms with E-state index in [1.54, 1.807) is 17.9 Å². The molecule has 1 saturated heterocycles. The fourth-order valence-corrected chi connectivity index (χ4v) is 4.40. The molecule has 3 heterocycles. The summed E-state index contributed by atoms with van der Waals surface area (Å²) in [6, 6.07) is 19.4. The monoisotopic (exact) mass is 427 g/mol. The third kappa shape index (κ3) is 3.82. The first-order valence-electron chi connectivity index (χ1n) is 10.9. The number of para-hydroxylation sites is 1. The van der Waals surface area contributed by atoms with Crippen molar-refractivity contribution in [3.05, 3.63) is 77.5 Å². The van der Waals surface area contributed by atoms with Crippen LogP contribution in [0.15, 0.2) is 60.7 Å². The molecule has 1 fully saturated rings. The lowest BCUT2D eigenvalue weighted by Crippen LogP contribution is -2.47. The summed E-state index contributed by atoms with van der Waals surface area (Å²) in [5.74, 6) is 0.763. The highest BCUT2D eigenvalue weighted by Crippen LogP contribution is 2.28. The molecule has 7 nitrogen and oxygen atoms in total. The molecule has 0 atom stereocenters. The van der Waals surface area contributed by atoms with E-state index in [9.17, 15) is 9.59 Å². The topological polar surface area (TPSA) is 69.6 Å². The number of amides is 1. The number of carbonyl (C=O) groups excluding carboxylic acids is 2. The van der Waals surface area contributed by atoms with Gasteiger partial charge in [0.2, 0.25) is 0 Å². The van der Waals surface area contributed by atoms with Crippen molar-refractivity contribution in [1.29, 1.82) is 0 Å². The van der Waals surface area contributed by atoms with Crippen LogP contribution < -0.4 is 14.7 Å². The number of rotatable bonds is 4. The minimum atomic E-state index is -0.104. The number of nitrogens with zero attached hydrogens (tertiary/aromatic N) is 5. The Hall–Kier alpha value is -3.74. The summed E-state index contributed by atoms with van der Waals surface area (Å²) in [6.07, 6.45) is 0.870. The van der Waals surface area contributed by atoms with E-state index < -0.39 is 0 Å². The largest absolute Gasteiger partial charge is 0.368 e. The van der Waals surface area contributed by atoms with Crippen molar-refractivity contribution in [3.8, 4) is 0 Å². The summed E-state index contributed by atoms with van der Waals surface area (Å²) in [7, 11) is 0. The van der Waals surface area contributed by atoms with Crippen LogP contribution in [0, 0.1) is 0 Å². The van der Waals surface area contributed by atoms with Gasteiger partial charge < -0.3 is 14.7 Å². The summed E-state index contributed by atoms with van der Waals surface area (Å²) in [5.41, 5.74) is 4.38. The molecule has 0 N–H and O–H groups in total. The molecule has 0 saturated carbocycles. The molecule has 0 unspecified atom stereocenters. The van der Waals surface area contributed by atoms with E-state index in [-0.39, 0.29) is 11.7 Å². The first-order chi connectivity index (χ1) is 15.6. The minimum absolute atomic E-state index is 0.0795. The highest BCUT2D eigenvalue weighted by molar-refractivity contribution is 6.06. The smallest absolute Gasteiger partial charge is 0.278 e. The number of aromatic nitrogens is 2. The van der Waals surface area contributed by atoms with Crippen LogP contribution in [0.25, 0.3) is 0 Å². The number of carbonyl (C=O) groups is 2. The van der Waals surface area contributed by atoms with E-state index >= 15 is 0 Å². The summed E-state index contributed by atoms with van der Waals surface area (Å²) >= 11 is 0. The van der Waals surface area contributed by atoms with Crippen molar-refractivity contribution < 1.29 is 9.59 Å². The Labute approximate surface area is 187 Å². The number of ketones is 1. The number of hydrogen-bond acceptors (Lipinski definition) is 6. The molecule has 3 aromatic rings. The zero-order chi connectivity index (χ0) is 22.1. The third-order valence-corrected chi connectivity index (χ3v) is 6.24. The van der Waals surface area contributed by atoms with Gasteiger partial charge in [-0.25, -0.2) is 0 Å². The lowest BCUT2D eigenvalue weighted by atomic mass is 10.1. The molecule has 0 radical (unpaired) electrons. The fourth-order valence-electron chi connectivity index (χ4n) is 4.40.